The van der Waals surface area contributed by atoms with Crippen molar-refractivity contribution in [1.82, 2.24) is 9.55 Å². The van der Waals surface area contributed by atoms with Crippen molar-refractivity contribution < 1.29 is 4.74 Å². The Labute approximate surface area is 106 Å². The number of nitrogens with zero attached hydrogens (tertiary/aromatic N) is 3. The highest BCUT2D eigenvalue weighted by atomic mass is 16.5. The molecule has 2 rings (SSSR count). The van der Waals surface area contributed by atoms with Crippen molar-refractivity contribution in [3.63, 3.8) is 0 Å². The van der Waals surface area contributed by atoms with Gasteiger partial charge in [0.05, 0.1) is 23.7 Å². The largest absolute Gasteiger partial charge is 0.380 e. The number of fused-ring (bicyclic) bond motifs is 1. The Bertz CT molecular complexity index is 597. The minimum absolute atomic E-state index is 0.0869. The number of benzene rings is 1. The first kappa shape index (κ1) is 12.4. The van der Waals surface area contributed by atoms with E-state index < -0.39 is 0 Å². The van der Waals surface area contributed by atoms with Gasteiger partial charge >= 0.3 is 0 Å². The van der Waals surface area contributed by atoms with Gasteiger partial charge in [0.25, 0.3) is 0 Å². The summed E-state index contributed by atoms with van der Waals surface area (Å²) >= 11 is 0. The van der Waals surface area contributed by atoms with Crippen molar-refractivity contribution in [1.29, 1.82) is 5.26 Å². The lowest BCUT2D eigenvalue weighted by Crippen LogP contribution is -2.14. The van der Waals surface area contributed by atoms with Crippen LogP contribution in [0.1, 0.15) is 25.5 Å². The molecule has 0 bridgehead atoms. The quantitative estimate of drug-likeness (QED) is 0.893. The minimum atomic E-state index is 0.0869. The molecule has 94 valence electrons. The summed E-state index contributed by atoms with van der Waals surface area (Å²) in [4.78, 5) is 4.28. The van der Waals surface area contributed by atoms with E-state index in [1.165, 1.54) is 0 Å². The molecule has 0 saturated carbocycles. The number of anilines is 1. The first-order chi connectivity index (χ1) is 8.69. The van der Waals surface area contributed by atoms with Gasteiger partial charge in [-0.2, -0.15) is 5.26 Å². The SMILES string of the molecule is CCOCC(C)n1c(N)nc2c(C#N)cccc21. The van der Waals surface area contributed by atoms with Gasteiger partial charge in [0, 0.05) is 6.61 Å². The maximum absolute atomic E-state index is 9.05. The van der Waals surface area contributed by atoms with Crippen LogP contribution >= 0.6 is 0 Å². The molecule has 2 N–H and O–H groups in total. The normalized spacial score (nSPS) is 12.5. The fourth-order valence-corrected chi connectivity index (χ4v) is 2.05. The smallest absolute Gasteiger partial charge is 0.201 e. The van der Waals surface area contributed by atoms with E-state index in [9.17, 15) is 0 Å². The Hall–Kier alpha value is -2.06. The molecule has 1 atom stereocenters. The monoisotopic (exact) mass is 244 g/mol. The Morgan fingerprint density at radius 2 is 2.33 bits per heavy atom. The van der Waals surface area contributed by atoms with Gasteiger partial charge in [-0.25, -0.2) is 4.98 Å². The van der Waals surface area contributed by atoms with E-state index in [1.54, 1.807) is 6.07 Å². The van der Waals surface area contributed by atoms with Gasteiger partial charge in [-0.05, 0) is 26.0 Å². The van der Waals surface area contributed by atoms with Crippen LogP contribution in [0.4, 0.5) is 5.95 Å². The number of hydrogen-bond acceptors (Lipinski definition) is 4. The molecule has 0 aliphatic rings. The second-order valence-corrected chi connectivity index (χ2v) is 4.13. The molecule has 5 heteroatoms. The third-order valence-corrected chi connectivity index (χ3v) is 2.87. The molecule has 0 aliphatic heterocycles. The van der Waals surface area contributed by atoms with Crippen LogP contribution in [0.2, 0.25) is 0 Å². The van der Waals surface area contributed by atoms with Gasteiger partial charge in [0.15, 0.2) is 0 Å². The number of ether oxygens (including phenoxy) is 1. The van der Waals surface area contributed by atoms with Crippen LogP contribution in [0.5, 0.6) is 0 Å². The zero-order chi connectivity index (χ0) is 13.1. The van der Waals surface area contributed by atoms with Gasteiger partial charge in [0.1, 0.15) is 11.6 Å². The molecule has 0 radical (unpaired) electrons. The zero-order valence-corrected chi connectivity index (χ0v) is 10.6. The number of rotatable bonds is 4. The van der Waals surface area contributed by atoms with Gasteiger partial charge in [-0.15, -0.1) is 0 Å². The number of nitriles is 1. The van der Waals surface area contributed by atoms with Crippen LogP contribution in [-0.2, 0) is 4.74 Å². The fourth-order valence-electron chi connectivity index (χ4n) is 2.05. The topological polar surface area (TPSA) is 76.9 Å². The molecule has 2 aromatic rings. The lowest BCUT2D eigenvalue weighted by molar-refractivity contribution is 0.120. The Balaban J connectivity index is 2.51. The molecular weight excluding hydrogens is 228 g/mol. The molecule has 1 heterocycles. The predicted octanol–water partition coefficient (Wildman–Crippen LogP) is 2.09. The highest BCUT2D eigenvalue weighted by Crippen LogP contribution is 2.25. The maximum Gasteiger partial charge on any atom is 0.201 e. The summed E-state index contributed by atoms with van der Waals surface area (Å²) in [6.07, 6.45) is 0. The lowest BCUT2D eigenvalue weighted by Gasteiger charge is -2.15. The lowest BCUT2D eigenvalue weighted by atomic mass is 10.2. The third kappa shape index (κ3) is 2.03. The third-order valence-electron chi connectivity index (χ3n) is 2.87. The van der Waals surface area contributed by atoms with Crippen LogP contribution in [0, 0.1) is 11.3 Å². The second-order valence-electron chi connectivity index (χ2n) is 4.13. The Morgan fingerprint density at radius 3 is 3.00 bits per heavy atom. The minimum Gasteiger partial charge on any atom is -0.380 e. The molecule has 0 aliphatic carbocycles. The van der Waals surface area contributed by atoms with E-state index in [0.717, 1.165) is 5.52 Å². The number of hydrogen-bond donors (Lipinski definition) is 1. The molecule has 1 aromatic carbocycles. The van der Waals surface area contributed by atoms with Crippen LogP contribution in [0.15, 0.2) is 18.2 Å². The van der Waals surface area contributed by atoms with Crippen LogP contribution in [-0.4, -0.2) is 22.8 Å². The number of aromatic nitrogens is 2. The van der Waals surface area contributed by atoms with Crippen LogP contribution < -0.4 is 5.73 Å². The predicted molar refractivity (Wildman–Crippen MR) is 70.1 cm³/mol. The van der Waals surface area contributed by atoms with Gasteiger partial charge in [-0.3, -0.25) is 0 Å². The van der Waals surface area contributed by atoms with E-state index in [0.29, 0.717) is 30.2 Å². The molecular formula is C13H16N4O. The molecule has 0 spiro atoms. The average molecular weight is 244 g/mol. The molecule has 0 fully saturated rings. The maximum atomic E-state index is 9.05. The van der Waals surface area contributed by atoms with E-state index in [-0.39, 0.29) is 6.04 Å². The molecule has 5 nitrogen and oxygen atoms in total. The summed E-state index contributed by atoms with van der Waals surface area (Å²) < 4.78 is 7.32. The molecule has 18 heavy (non-hydrogen) atoms. The standard InChI is InChI=1S/C13H16N4O/c1-3-18-8-9(2)17-11-6-4-5-10(7-14)12(11)16-13(17)15/h4-6,9H,3,8H2,1-2H3,(H2,15,16). The summed E-state index contributed by atoms with van der Waals surface area (Å²) in [6, 6.07) is 7.72. The van der Waals surface area contributed by atoms with Crippen LogP contribution in [0.25, 0.3) is 11.0 Å². The van der Waals surface area contributed by atoms with Gasteiger partial charge in [-0.1, -0.05) is 6.07 Å². The van der Waals surface area contributed by atoms with Crippen molar-refractivity contribution in [2.24, 2.45) is 0 Å². The van der Waals surface area contributed by atoms with E-state index in [4.69, 9.17) is 15.7 Å². The zero-order valence-electron chi connectivity index (χ0n) is 10.6. The summed E-state index contributed by atoms with van der Waals surface area (Å²) in [7, 11) is 0. The summed E-state index contributed by atoms with van der Waals surface area (Å²) in [5, 5.41) is 9.05. The second kappa shape index (κ2) is 5.07. The molecule has 0 saturated heterocycles. The van der Waals surface area contributed by atoms with Gasteiger partial charge in [0.2, 0.25) is 5.95 Å². The molecule has 1 unspecified atom stereocenters. The molecule has 0 amide bonds. The highest BCUT2D eigenvalue weighted by Gasteiger charge is 2.15. The fraction of sp³-hybridized carbons (Fsp3) is 0.385. The van der Waals surface area contributed by atoms with Crippen molar-refractivity contribution >= 4 is 17.0 Å². The summed E-state index contributed by atoms with van der Waals surface area (Å²) in [5.41, 5.74) is 8.01. The molecule has 1 aromatic heterocycles. The van der Waals surface area contributed by atoms with E-state index in [1.807, 2.05) is 30.5 Å². The number of para-hydroxylation sites is 1. The van der Waals surface area contributed by atoms with Crippen molar-refractivity contribution in [2.45, 2.75) is 19.9 Å². The summed E-state index contributed by atoms with van der Waals surface area (Å²) in [5.74, 6) is 0.417. The van der Waals surface area contributed by atoms with Crippen molar-refractivity contribution in [3.8, 4) is 6.07 Å². The Morgan fingerprint density at radius 1 is 1.56 bits per heavy atom. The van der Waals surface area contributed by atoms with Crippen LogP contribution in [0.3, 0.4) is 0 Å². The van der Waals surface area contributed by atoms with Crippen molar-refractivity contribution in [2.75, 3.05) is 18.9 Å². The summed E-state index contributed by atoms with van der Waals surface area (Å²) in [6.45, 7) is 5.21. The first-order valence-electron chi connectivity index (χ1n) is 5.93. The number of nitrogens with two attached hydrogens (primary N) is 1. The van der Waals surface area contributed by atoms with E-state index >= 15 is 0 Å². The average Bonchev–Trinajstić information content (AvgIpc) is 2.71. The Kier molecular flexibility index (Phi) is 3.49. The van der Waals surface area contributed by atoms with Crippen molar-refractivity contribution in [3.05, 3.63) is 23.8 Å². The number of imidazole rings is 1. The van der Waals surface area contributed by atoms with E-state index in [2.05, 4.69) is 11.1 Å². The van der Waals surface area contributed by atoms with Gasteiger partial charge < -0.3 is 15.0 Å². The number of nitrogen functional groups attached to an aromatic ring is 1. The highest BCUT2D eigenvalue weighted by molar-refractivity contribution is 5.84. The first-order valence-corrected chi connectivity index (χ1v) is 5.93.